The number of rotatable bonds is 14. The van der Waals surface area contributed by atoms with Crippen LogP contribution in [0.1, 0.15) is 73.2 Å². The molecule has 1 amide bonds. The molecule has 2 saturated heterocycles. The highest BCUT2D eigenvalue weighted by atomic mass is 16.7. The molecule has 2 fully saturated rings. The topological polar surface area (TPSA) is 118 Å². The lowest BCUT2D eigenvalue weighted by Crippen LogP contribution is -2.42. The van der Waals surface area contributed by atoms with Crippen LogP contribution in [0.3, 0.4) is 0 Å². The second-order valence-electron chi connectivity index (χ2n) is 11.9. The van der Waals surface area contributed by atoms with E-state index < -0.39 is 12.3 Å². The van der Waals surface area contributed by atoms with Crippen molar-refractivity contribution in [3.8, 4) is 11.1 Å². The molecule has 9 nitrogen and oxygen atoms in total. The number of nitrogens with one attached hydrogen (secondary N) is 1. The summed E-state index contributed by atoms with van der Waals surface area (Å²) in [6.07, 6.45) is 2.79. The number of carbonyl (C=O) groups is 2. The number of hydrogen-bond acceptors (Lipinski definition) is 7. The van der Waals surface area contributed by atoms with Crippen molar-refractivity contribution in [1.82, 2.24) is 10.2 Å². The second kappa shape index (κ2) is 16.1. The summed E-state index contributed by atoms with van der Waals surface area (Å²) in [5, 5.41) is 21.3. The van der Waals surface area contributed by atoms with Crippen LogP contribution in [-0.4, -0.2) is 65.9 Å². The van der Waals surface area contributed by atoms with Gasteiger partial charge in [-0.25, -0.2) is 0 Å². The lowest BCUT2D eigenvalue weighted by atomic mass is 9.97. The van der Waals surface area contributed by atoms with E-state index in [0.29, 0.717) is 19.0 Å². The number of likely N-dealkylation sites (tertiary alicyclic amines) is 1. The lowest BCUT2D eigenvalue weighted by molar-refractivity contribution is -0.253. The van der Waals surface area contributed by atoms with Gasteiger partial charge in [0.15, 0.2) is 6.29 Å². The van der Waals surface area contributed by atoms with Gasteiger partial charge in [-0.15, -0.1) is 0 Å². The lowest BCUT2D eigenvalue weighted by Gasteiger charge is -2.38. The van der Waals surface area contributed by atoms with E-state index in [1.807, 2.05) is 60.7 Å². The third-order valence-electron chi connectivity index (χ3n) is 8.69. The zero-order valence-electron chi connectivity index (χ0n) is 25.9. The molecule has 4 atom stereocenters. The minimum Gasteiger partial charge on any atom is -0.481 e. The molecule has 0 aromatic heterocycles. The average Bonchev–Trinajstić information content (AvgIpc) is 3.50. The van der Waals surface area contributed by atoms with E-state index in [-0.39, 0.29) is 37.6 Å². The molecule has 0 saturated carbocycles. The van der Waals surface area contributed by atoms with E-state index in [1.54, 1.807) is 7.11 Å². The average molecular weight is 617 g/mol. The summed E-state index contributed by atoms with van der Waals surface area (Å²) in [6.45, 7) is 2.93. The van der Waals surface area contributed by atoms with Gasteiger partial charge in [0.05, 0.1) is 25.4 Å². The molecule has 3 aromatic carbocycles. The van der Waals surface area contributed by atoms with Crippen LogP contribution in [0.15, 0.2) is 72.8 Å². The van der Waals surface area contributed by atoms with Crippen LogP contribution in [0.2, 0.25) is 0 Å². The van der Waals surface area contributed by atoms with Crippen molar-refractivity contribution in [2.24, 2.45) is 0 Å². The number of amides is 1. The maximum absolute atomic E-state index is 12.3. The predicted molar refractivity (Wildman–Crippen MR) is 170 cm³/mol. The number of ether oxygens (including phenoxy) is 3. The summed E-state index contributed by atoms with van der Waals surface area (Å²) in [4.78, 5) is 25.5. The molecule has 0 bridgehead atoms. The van der Waals surface area contributed by atoms with E-state index in [0.717, 1.165) is 72.3 Å². The molecule has 2 aliphatic rings. The monoisotopic (exact) mass is 616 g/mol. The van der Waals surface area contributed by atoms with Crippen LogP contribution in [-0.2, 0) is 37.0 Å². The quantitative estimate of drug-likeness (QED) is 0.221. The Morgan fingerprint density at radius 1 is 0.978 bits per heavy atom. The summed E-state index contributed by atoms with van der Waals surface area (Å²) in [5.41, 5.74) is 5.86. The maximum Gasteiger partial charge on any atom is 0.303 e. The third kappa shape index (κ3) is 8.99. The molecule has 2 aliphatic heterocycles. The summed E-state index contributed by atoms with van der Waals surface area (Å²) in [6, 6.07) is 24.5. The first-order valence-electron chi connectivity index (χ1n) is 15.8. The van der Waals surface area contributed by atoms with Gasteiger partial charge in [-0.05, 0) is 53.6 Å². The maximum atomic E-state index is 12.3. The van der Waals surface area contributed by atoms with Gasteiger partial charge in [0.25, 0.3) is 0 Å². The number of methoxy groups -OCH3 is 1. The molecule has 3 N–H and O–H groups in total. The first kappa shape index (κ1) is 32.8. The van der Waals surface area contributed by atoms with E-state index in [9.17, 15) is 14.7 Å². The van der Waals surface area contributed by atoms with Crippen molar-refractivity contribution in [2.45, 2.75) is 76.2 Å². The minimum absolute atomic E-state index is 0.00462. The van der Waals surface area contributed by atoms with Crippen molar-refractivity contribution in [1.29, 1.82) is 0 Å². The van der Waals surface area contributed by atoms with Gasteiger partial charge < -0.3 is 29.7 Å². The Hall–Kier alpha value is -3.60. The molecule has 240 valence electrons. The minimum atomic E-state index is -0.898. The second-order valence-corrected chi connectivity index (χ2v) is 11.9. The third-order valence-corrected chi connectivity index (χ3v) is 8.69. The van der Waals surface area contributed by atoms with Crippen LogP contribution in [0.5, 0.6) is 0 Å². The molecule has 0 radical (unpaired) electrons. The molecule has 5 rings (SSSR count). The number of aliphatic hydroxyl groups excluding tert-OH is 1. The number of carboxylic acids is 1. The van der Waals surface area contributed by atoms with Gasteiger partial charge in [0, 0.05) is 51.1 Å². The number of hydrogen-bond donors (Lipinski definition) is 3. The first-order valence-corrected chi connectivity index (χ1v) is 15.8. The zero-order chi connectivity index (χ0) is 31.6. The number of nitrogens with zero attached hydrogens (tertiary/aromatic N) is 1. The van der Waals surface area contributed by atoms with Crippen molar-refractivity contribution in [3.05, 3.63) is 95.1 Å². The summed E-state index contributed by atoms with van der Waals surface area (Å²) in [5.74, 6) is -1.06. The fourth-order valence-electron chi connectivity index (χ4n) is 6.27. The van der Waals surface area contributed by atoms with Crippen LogP contribution < -0.4 is 5.32 Å². The van der Waals surface area contributed by atoms with Crippen molar-refractivity contribution in [2.75, 3.05) is 26.8 Å². The largest absolute Gasteiger partial charge is 0.481 e. The Morgan fingerprint density at radius 3 is 2.47 bits per heavy atom. The van der Waals surface area contributed by atoms with Crippen molar-refractivity contribution in [3.63, 3.8) is 0 Å². The Morgan fingerprint density at radius 2 is 1.73 bits per heavy atom. The number of carboxylic acid groups (broad SMARTS) is 1. The van der Waals surface area contributed by atoms with Gasteiger partial charge >= 0.3 is 5.97 Å². The van der Waals surface area contributed by atoms with Crippen molar-refractivity contribution >= 4 is 11.9 Å². The SMILES string of the molecule is COC[C@@H]1CCCN1C[C@H]1C[C@@H](c2ccc(CO)cc2)O[C@@H](c2ccc(-c3ccccc3CNC(=O)CCCC(=O)O)cc2)O1. The van der Waals surface area contributed by atoms with Gasteiger partial charge in [0.1, 0.15) is 0 Å². The van der Waals surface area contributed by atoms with E-state index in [4.69, 9.17) is 19.3 Å². The molecule has 0 spiro atoms. The van der Waals surface area contributed by atoms with Crippen molar-refractivity contribution < 1.29 is 34.0 Å². The highest BCUT2D eigenvalue weighted by Gasteiger charge is 2.35. The van der Waals surface area contributed by atoms with Crippen LogP contribution in [0.4, 0.5) is 0 Å². The van der Waals surface area contributed by atoms with Gasteiger partial charge in [-0.1, -0.05) is 72.8 Å². The molecular weight excluding hydrogens is 572 g/mol. The van der Waals surface area contributed by atoms with E-state index in [2.05, 4.69) is 22.3 Å². The van der Waals surface area contributed by atoms with E-state index >= 15 is 0 Å². The highest BCUT2D eigenvalue weighted by molar-refractivity contribution is 5.77. The Bertz CT molecular complexity index is 1400. The molecule has 0 aliphatic carbocycles. The molecule has 3 aromatic rings. The number of aliphatic carboxylic acids is 1. The predicted octanol–water partition coefficient (Wildman–Crippen LogP) is 5.37. The fourth-order valence-corrected chi connectivity index (χ4v) is 6.27. The molecule has 9 heteroatoms. The van der Waals surface area contributed by atoms with E-state index in [1.165, 1.54) is 0 Å². The van der Waals surface area contributed by atoms with Crippen LogP contribution >= 0.6 is 0 Å². The number of aliphatic hydroxyl groups is 1. The normalized spacial score (nSPS) is 21.9. The summed E-state index contributed by atoms with van der Waals surface area (Å²) in [7, 11) is 1.76. The number of carbonyl (C=O) groups excluding carboxylic acids is 1. The molecular formula is C36H44N2O7. The van der Waals surface area contributed by atoms with Gasteiger partial charge in [-0.3, -0.25) is 14.5 Å². The zero-order valence-corrected chi connectivity index (χ0v) is 25.9. The van der Waals surface area contributed by atoms with Crippen LogP contribution in [0, 0.1) is 0 Å². The Balaban J connectivity index is 1.30. The smallest absolute Gasteiger partial charge is 0.303 e. The van der Waals surface area contributed by atoms with Gasteiger partial charge in [-0.2, -0.15) is 0 Å². The summed E-state index contributed by atoms with van der Waals surface area (Å²) < 4.78 is 18.7. The Kier molecular flexibility index (Phi) is 11.7. The first-order chi connectivity index (χ1) is 21.9. The highest BCUT2D eigenvalue weighted by Crippen LogP contribution is 2.39. The standard InChI is InChI=1S/C36H44N2O7/c1-43-24-30-7-5-19-38(30)22-31-20-33(27-13-11-25(23-39)12-14-27)45-36(44-31)28-17-15-26(16-18-28)32-8-3-2-6-29(32)21-37-34(40)9-4-10-35(41)42/h2-3,6,8,11-18,30-31,33,36,39H,4-5,7,9-10,19-24H2,1H3,(H,37,40)(H,41,42)/t30-,31+,33-,36-/m0/s1. The van der Waals surface area contributed by atoms with Gasteiger partial charge in [0.2, 0.25) is 5.91 Å². The number of benzene rings is 3. The van der Waals surface area contributed by atoms with Crippen LogP contribution in [0.25, 0.3) is 11.1 Å². The molecule has 45 heavy (non-hydrogen) atoms. The Labute approximate surface area is 265 Å². The fraction of sp³-hybridized carbons (Fsp3) is 0.444. The molecule has 2 heterocycles. The summed E-state index contributed by atoms with van der Waals surface area (Å²) >= 11 is 0. The molecule has 0 unspecified atom stereocenters.